The van der Waals surface area contributed by atoms with Crippen molar-refractivity contribution < 1.29 is 19.4 Å². The minimum absolute atomic E-state index is 0.0920. The molecule has 0 saturated carbocycles. The second kappa shape index (κ2) is 10.4. The summed E-state index contributed by atoms with van der Waals surface area (Å²) in [4.78, 5) is 12.7. The molecule has 0 saturated heterocycles. The van der Waals surface area contributed by atoms with Gasteiger partial charge in [0.25, 0.3) is 0 Å². The minimum Gasteiger partial charge on any atom is -0.507 e. The fraction of sp³-hybridized carbons (Fsp3) is 0.292. The van der Waals surface area contributed by atoms with E-state index in [2.05, 4.69) is 0 Å². The molecule has 0 aliphatic rings. The van der Waals surface area contributed by atoms with Gasteiger partial charge in [-0.2, -0.15) is 0 Å². The first-order valence-corrected chi connectivity index (χ1v) is 9.44. The molecule has 2 aromatic rings. The maximum atomic E-state index is 12.7. The summed E-state index contributed by atoms with van der Waals surface area (Å²) in [7, 11) is 1.56. The third-order valence-corrected chi connectivity index (χ3v) is 4.23. The fourth-order valence-electron chi connectivity index (χ4n) is 2.75. The molecule has 0 spiro atoms. The lowest BCUT2D eigenvalue weighted by Gasteiger charge is -2.16. The zero-order valence-electron chi connectivity index (χ0n) is 17.0. The monoisotopic (exact) mass is 380 g/mol. The number of rotatable bonds is 8. The molecule has 0 aromatic heterocycles. The molecule has 1 N–H and O–H groups in total. The summed E-state index contributed by atoms with van der Waals surface area (Å²) in [6, 6.07) is 11.5. The molecule has 0 radical (unpaired) electrons. The zero-order valence-corrected chi connectivity index (χ0v) is 17.0. The van der Waals surface area contributed by atoms with E-state index in [-0.39, 0.29) is 11.3 Å². The van der Waals surface area contributed by atoms with Crippen LogP contribution in [0.25, 0.3) is 12.2 Å². The summed E-state index contributed by atoms with van der Waals surface area (Å²) in [5.74, 6) is -0.0893. The first-order valence-electron chi connectivity index (χ1n) is 9.44. The number of carbonyl (C=O) groups excluding carboxylic acids is 1. The van der Waals surface area contributed by atoms with Gasteiger partial charge in [0.1, 0.15) is 17.1 Å². The number of esters is 1. The third kappa shape index (κ3) is 5.49. The smallest absolute Gasteiger partial charge is 0.342 e. The topological polar surface area (TPSA) is 55.8 Å². The zero-order chi connectivity index (χ0) is 20.5. The van der Waals surface area contributed by atoms with E-state index in [9.17, 15) is 9.90 Å². The summed E-state index contributed by atoms with van der Waals surface area (Å²) in [5, 5.41) is 10.9. The molecular weight excluding hydrogens is 352 g/mol. The number of carbonyl (C=O) groups is 1. The Morgan fingerprint density at radius 2 is 1.86 bits per heavy atom. The molecule has 0 heterocycles. The van der Waals surface area contributed by atoms with Crippen LogP contribution in [0.15, 0.2) is 48.0 Å². The SMILES string of the molecule is CCCOC(=O)c1c(C=Cc2ccccc2)cc(OC)c(CC=C(C)C)c1O. The van der Waals surface area contributed by atoms with Gasteiger partial charge in [-0.15, -0.1) is 0 Å². The van der Waals surface area contributed by atoms with Crippen molar-refractivity contribution in [2.45, 2.75) is 33.6 Å². The second-order valence-electron chi connectivity index (χ2n) is 6.74. The summed E-state index contributed by atoms with van der Waals surface area (Å²) >= 11 is 0. The normalized spacial score (nSPS) is 10.7. The number of aromatic hydroxyl groups is 1. The van der Waals surface area contributed by atoms with Crippen LogP contribution in [0.4, 0.5) is 0 Å². The van der Waals surface area contributed by atoms with Crippen molar-refractivity contribution in [2.75, 3.05) is 13.7 Å². The van der Waals surface area contributed by atoms with Crippen LogP contribution in [0.5, 0.6) is 11.5 Å². The molecule has 148 valence electrons. The fourth-order valence-corrected chi connectivity index (χ4v) is 2.75. The van der Waals surface area contributed by atoms with Crippen LogP contribution in [-0.4, -0.2) is 24.8 Å². The van der Waals surface area contributed by atoms with Crippen LogP contribution in [-0.2, 0) is 11.2 Å². The minimum atomic E-state index is -0.534. The first kappa shape index (κ1) is 21.3. The van der Waals surface area contributed by atoms with E-state index < -0.39 is 5.97 Å². The Balaban J connectivity index is 2.57. The highest BCUT2D eigenvalue weighted by molar-refractivity contribution is 5.98. The third-order valence-electron chi connectivity index (χ3n) is 4.23. The van der Waals surface area contributed by atoms with Crippen molar-refractivity contribution >= 4 is 18.1 Å². The van der Waals surface area contributed by atoms with Crippen molar-refractivity contribution in [1.29, 1.82) is 0 Å². The van der Waals surface area contributed by atoms with Crippen LogP contribution in [0, 0.1) is 0 Å². The second-order valence-corrected chi connectivity index (χ2v) is 6.74. The molecule has 0 atom stereocenters. The van der Waals surface area contributed by atoms with Gasteiger partial charge < -0.3 is 14.6 Å². The van der Waals surface area contributed by atoms with E-state index in [1.807, 2.05) is 63.3 Å². The molecule has 2 aromatic carbocycles. The van der Waals surface area contributed by atoms with Gasteiger partial charge in [0.05, 0.1) is 13.7 Å². The van der Waals surface area contributed by atoms with Crippen molar-refractivity contribution in [3.8, 4) is 11.5 Å². The average molecular weight is 380 g/mol. The van der Waals surface area contributed by atoms with Gasteiger partial charge >= 0.3 is 5.97 Å². The maximum absolute atomic E-state index is 12.7. The van der Waals surface area contributed by atoms with Crippen molar-refractivity contribution in [1.82, 2.24) is 0 Å². The van der Waals surface area contributed by atoms with Crippen molar-refractivity contribution in [3.63, 3.8) is 0 Å². The number of methoxy groups -OCH3 is 1. The number of ether oxygens (including phenoxy) is 2. The standard InChI is InChI=1S/C24H28O4/c1-5-15-28-24(26)22-19(13-12-18-9-7-6-8-10-18)16-21(27-4)20(23(22)25)14-11-17(2)3/h6-13,16,25H,5,14-15H2,1-4H3. The largest absolute Gasteiger partial charge is 0.507 e. The highest BCUT2D eigenvalue weighted by Gasteiger charge is 2.23. The Morgan fingerprint density at radius 1 is 1.14 bits per heavy atom. The predicted octanol–water partition coefficient (Wildman–Crippen LogP) is 5.65. The Morgan fingerprint density at radius 3 is 2.46 bits per heavy atom. The van der Waals surface area contributed by atoms with Gasteiger partial charge in [-0.05, 0) is 43.9 Å². The maximum Gasteiger partial charge on any atom is 0.342 e. The molecule has 4 heteroatoms. The van der Waals surface area contributed by atoms with Gasteiger partial charge in [0, 0.05) is 5.56 Å². The molecule has 0 fully saturated rings. The Hall–Kier alpha value is -3.01. The van der Waals surface area contributed by atoms with Gasteiger partial charge in [-0.1, -0.05) is 61.1 Å². The lowest BCUT2D eigenvalue weighted by atomic mass is 9.97. The van der Waals surface area contributed by atoms with Crippen molar-refractivity contribution in [3.05, 3.63) is 70.3 Å². The van der Waals surface area contributed by atoms with Gasteiger partial charge in [0.2, 0.25) is 0 Å². The van der Waals surface area contributed by atoms with Crippen LogP contribution in [0.1, 0.15) is 54.2 Å². The predicted molar refractivity (Wildman–Crippen MR) is 114 cm³/mol. The Bertz CT molecular complexity index is 860. The van der Waals surface area contributed by atoms with E-state index in [0.29, 0.717) is 36.3 Å². The number of hydrogen-bond acceptors (Lipinski definition) is 4. The Kier molecular flexibility index (Phi) is 7.88. The number of phenolic OH excluding ortho intramolecular Hbond substituents is 1. The van der Waals surface area contributed by atoms with E-state index in [0.717, 1.165) is 11.1 Å². The van der Waals surface area contributed by atoms with E-state index in [1.165, 1.54) is 0 Å². The van der Waals surface area contributed by atoms with E-state index in [1.54, 1.807) is 19.3 Å². The summed E-state index contributed by atoms with van der Waals surface area (Å²) in [6.07, 6.45) is 6.85. The molecular formula is C24H28O4. The molecule has 28 heavy (non-hydrogen) atoms. The molecule has 0 amide bonds. The number of allylic oxidation sites excluding steroid dienone is 2. The number of phenols is 1. The molecule has 0 aliphatic carbocycles. The molecule has 0 aliphatic heterocycles. The highest BCUT2D eigenvalue weighted by Crippen LogP contribution is 2.36. The van der Waals surface area contributed by atoms with Gasteiger partial charge in [0.15, 0.2) is 0 Å². The summed E-state index contributed by atoms with van der Waals surface area (Å²) in [6.45, 7) is 6.20. The van der Waals surface area contributed by atoms with Crippen LogP contribution in [0.2, 0.25) is 0 Å². The Labute approximate surface area is 167 Å². The lowest BCUT2D eigenvalue weighted by Crippen LogP contribution is -2.10. The van der Waals surface area contributed by atoms with Gasteiger partial charge in [-0.25, -0.2) is 4.79 Å². The number of benzene rings is 2. The van der Waals surface area contributed by atoms with Crippen LogP contribution < -0.4 is 4.74 Å². The van der Waals surface area contributed by atoms with Crippen molar-refractivity contribution in [2.24, 2.45) is 0 Å². The lowest BCUT2D eigenvalue weighted by molar-refractivity contribution is 0.0501. The summed E-state index contributed by atoms with van der Waals surface area (Å²) in [5.41, 5.74) is 3.40. The average Bonchev–Trinajstić information content (AvgIpc) is 2.69. The molecule has 0 unspecified atom stereocenters. The molecule has 2 rings (SSSR count). The van der Waals surface area contributed by atoms with Gasteiger partial charge in [-0.3, -0.25) is 0 Å². The molecule has 4 nitrogen and oxygen atoms in total. The summed E-state index contributed by atoms with van der Waals surface area (Å²) < 4.78 is 10.8. The quantitative estimate of drug-likeness (QED) is 0.365. The first-order chi connectivity index (χ1) is 13.5. The van der Waals surface area contributed by atoms with E-state index in [4.69, 9.17) is 9.47 Å². The molecule has 0 bridgehead atoms. The van der Waals surface area contributed by atoms with Crippen LogP contribution in [0.3, 0.4) is 0 Å². The van der Waals surface area contributed by atoms with E-state index >= 15 is 0 Å². The highest BCUT2D eigenvalue weighted by atomic mass is 16.5. The van der Waals surface area contributed by atoms with Crippen LogP contribution >= 0.6 is 0 Å². The number of hydrogen-bond donors (Lipinski definition) is 1.